The maximum absolute atomic E-state index is 11.5. The molecule has 0 spiro atoms. The lowest BCUT2D eigenvalue weighted by Crippen LogP contribution is -2.59. The molecule has 0 saturated carbocycles. The van der Waals surface area contributed by atoms with E-state index in [4.69, 9.17) is 14.9 Å². The minimum atomic E-state index is -1.74. The molecule has 1 unspecified atom stereocenters. The molecule has 0 aliphatic carbocycles. The monoisotopic (exact) mass is 294 g/mol. The van der Waals surface area contributed by atoms with Crippen LogP contribution < -0.4 is 0 Å². The average Bonchev–Trinajstić information content (AvgIpc) is 2.45. The predicted molar refractivity (Wildman–Crippen MR) is 62.1 cm³/mol. The van der Waals surface area contributed by atoms with Gasteiger partial charge < -0.3 is 40.1 Å². The average molecular weight is 294 g/mol. The third-order valence-electron chi connectivity index (χ3n) is 2.91. The molecule has 9 nitrogen and oxygen atoms in total. The molecule has 116 valence electrons. The van der Waals surface area contributed by atoms with Crippen LogP contribution in [0.2, 0.25) is 0 Å². The van der Waals surface area contributed by atoms with Crippen LogP contribution in [-0.4, -0.2) is 86.6 Å². The van der Waals surface area contributed by atoms with Crippen molar-refractivity contribution in [1.82, 2.24) is 0 Å². The molecule has 6 N–H and O–H groups in total. The van der Waals surface area contributed by atoms with Gasteiger partial charge in [0.25, 0.3) is 0 Å². The van der Waals surface area contributed by atoms with E-state index < -0.39 is 61.6 Å². The number of aliphatic hydroxyl groups excluding tert-OH is 6. The van der Waals surface area contributed by atoms with E-state index in [2.05, 4.69) is 11.3 Å². The molecule has 9 heteroatoms. The molecule has 1 aliphatic heterocycles. The number of carbonyl (C=O) groups excluding carboxylic acids is 1. The molecule has 0 aromatic carbocycles. The summed E-state index contributed by atoms with van der Waals surface area (Å²) in [4.78, 5) is 11.5. The summed E-state index contributed by atoms with van der Waals surface area (Å²) in [6.07, 6.45) is -9.41. The van der Waals surface area contributed by atoms with Gasteiger partial charge in [-0.25, -0.2) is 4.79 Å². The van der Waals surface area contributed by atoms with Gasteiger partial charge >= 0.3 is 5.97 Å². The first-order chi connectivity index (χ1) is 9.33. The lowest BCUT2D eigenvalue weighted by molar-refractivity contribution is -0.291. The summed E-state index contributed by atoms with van der Waals surface area (Å²) in [5, 5.41) is 55.4. The Labute approximate surface area is 114 Å². The first kappa shape index (κ1) is 17.0. The fourth-order valence-corrected chi connectivity index (χ4v) is 1.59. The molecule has 20 heavy (non-hydrogen) atoms. The SMILES string of the molecule is C=C(C(=O)O[C@@H]1O[C@H](CO)[C@@H](O)[C@H](O)[C@H]1O)C(O)CO. The number of ether oxygens (including phenoxy) is 2. The summed E-state index contributed by atoms with van der Waals surface area (Å²) in [6.45, 7) is 1.79. The number of rotatable bonds is 5. The molecular formula is C11H18O9. The van der Waals surface area contributed by atoms with Crippen LogP contribution in [0.5, 0.6) is 0 Å². The third-order valence-corrected chi connectivity index (χ3v) is 2.91. The van der Waals surface area contributed by atoms with Crippen LogP contribution in [0.4, 0.5) is 0 Å². The van der Waals surface area contributed by atoms with Crippen molar-refractivity contribution in [1.29, 1.82) is 0 Å². The topological polar surface area (TPSA) is 157 Å². The molecule has 0 radical (unpaired) electrons. The number of carbonyl (C=O) groups is 1. The van der Waals surface area contributed by atoms with Crippen LogP contribution in [-0.2, 0) is 14.3 Å². The van der Waals surface area contributed by atoms with E-state index in [1.807, 2.05) is 0 Å². The van der Waals surface area contributed by atoms with Crippen molar-refractivity contribution in [2.75, 3.05) is 13.2 Å². The summed E-state index contributed by atoms with van der Waals surface area (Å²) in [5.41, 5.74) is -0.468. The van der Waals surface area contributed by atoms with E-state index >= 15 is 0 Å². The molecule has 1 aliphatic rings. The smallest absolute Gasteiger partial charge is 0.338 e. The van der Waals surface area contributed by atoms with Gasteiger partial charge in [-0.2, -0.15) is 0 Å². The van der Waals surface area contributed by atoms with Gasteiger partial charge in [0.2, 0.25) is 6.29 Å². The second-order valence-corrected chi connectivity index (χ2v) is 4.33. The summed E-state index contributed by atoms with van der Waals surface area (Å²) in [5.74, 6) is -1.16. The lowest BCUT2D eigenvalue weighted by Gasteiger charge is -2.39. The molecule has 1 fully saturated rings. The highest BCUT2D eigenvalue weighted by atomic mass is 16.7. The minimum Gasteiger partial charge on any atom is -0.429 e. The minimum absolute atomic E-state index is 0.468. The van der Waals surface area contributed by atoms with E-state index in [9.17, 15) is 25.2 Å². The van der Waals surface area contributed by atoms with Crippen molar-refractivity contribution < 1.29 is 44.9 Å². The van der Waals surface area contributed by atoms with E-state index in [-0.39, 0.29) is 0 Å². The Balaban J connectivity index is 2.71. The van der Waals surface area contributed by atoms with Crippen molar-refractivity contribution in [3.05, 3.63) is 12.2 Å². The van der Waals surface area contributed by atoms with Crippen molar-refractivity contribution in [2.24, 2.45) is 0 Å². The highest BCUT2D eigenvalue weighted by Gasteiger charge is 2.45. The van der Waals surface area contributed by atoms with Crippen LogP contribution in [0.1, 0.15) is 0 Å². The molecule has 0 aromatic rings. The second-order valence-electron chi connectivity index (χ2n) is 4.33. The van der Waals surface area contributed by atoms with Gasteiger partial charge in [-0.1, -0.05) is 6.58 Å². The van der Waals surface area contributed by atoms with Crippen LogP contribution in [0, 0.1) is 0 Å². The molecule has 1 saturated heterocycles. The Morgan fingerprint density at radius 1 is 1.20 bits per heavy atom. The fraction of sp³-hybridized carbons (Fsp3) is 0.727. The largest absolute Gasteiger partial charge is 0.429 e. The molecule has 0 amide bonds. The molecule has 0 bridgehead atoms. The van der Waals surface area contributed by atoms with Crippen molar-refractivity contribution in [2.45, 2.75) is 36.8 Å². The zero-order chi connectivity index (χ0) is 15.4. The van der Waals surface area contributed by atoms with Crippen molar-refractivity contribution in [3.8, 4) is 0 Å². The second kappa shape index (κ2) is 7.09. The first-order valence-electron chi connectivity index (χ1n) is 5.82. The Morgan fingerprint density at radius 3 is 2.30 bits per heavy atom. The molecule has 1 heterocycles. The van der Waals surface area contributed by atoms with Gasteiger partial charge in [-0.15, -0.1) is 0 Å². The number of aliphatic hydroxyl groups is 6. The van der Waals surface area contributed by atoms with Crippen LogP contribution in [0.15, 0.2) is 12.2 Å². The van der Waals surface area contributed by atoms with Gasteiger partial charge in [-0.05, 0) is 0 Å². The standard InChI is InChI=1S/C11H18O9/c1-4(5(14)2-12)10(18)20-11-9(17)8(16)7(15)6(3-13)19-11/h5-9,11-17H,1-3H2/t5?,6-,7-,8+,9-,11+/m1/s1. The normalized spacial score (nSPS) is 35.4. The maximum atomic E-state index is 11.5. The Morgan fingerprint density at radius 2 is 1.80 bits per heavy atom. The van der Waals surface area contributed by atoms with E-state index in [0.29, 0.717) is 0 Å². The zero-order valence-electron chi connectivity index (χ0n) is 10.5. The number of hydrogen-bond donors (Lipinski definition) is 6. The van der Waals surface area contributed by atoms with Gasteiger partial charge in [0.1, 0.15) is 30.5 Å². The lowest BCUT2D eigenvalue weighted by atomic mass is 9.99. The summed E-state index contributed by atoms with van der Waals surface area (Å²) < 4.78 is 9.60. The maximum Gasteiger partial charge on any atom is 0.338 e. The highest BCUT2D eigenvalue weighted by Crippen LogP contribution is 2.22. The quantitative estimate of drug-likeness (QED) is 0.221. The Bertz CT molecular complexity index is 356. The van der Waals surface area contributed by atoms with Gasteiger partial charge in [0, 0.05) is 0 Å². The summed E-state index contributed by atoms with van der Waals surface area (Å²) in [7, 11) is 0. The summed E-state index contributed by atoms with van der Waals surface area (Å²) >= 11 is 0. The molecule has 6 atom stereocenters. The van der Waals surface area contributed by atoms with E-state index in [1.165, 1.54) is 0 Å². The summed E-state index contributed by atoms with van der Waals surface area (Å²) in [6, 6.07) is 0. The molecule has 1 rings (SSSR count). The molecular weight excluding hydrogens is 276 g/mol. The van der Waals surface area contributed by atoms with E-state index in [0.717, 1.165) is 0 Å². The predicted octanol–water partition coefficient (Wildman–Crippen LogP) is -3.76. The highest BCUT2D eigenvalue weighted by molar-refractivity contribution is 5.88. The third kappa shape index (κ3) is 3.52. The van der Waals surface area contributed by atoms with Gasteiger partial charge in [0.05, 0.1) is 18.8 Å². The number of esters is 1. The van der Waals surface area contributed by atoms with Crippen molar-refractivity contribution in [3.63, 3.8) is 0 Å². The van der Waals surface area contributed by atoms with Crippen LogP contribution >= 0.6 is 0 Å². The van der Waals surface area contributed by atoms with Crippen LogP contribution in [0.3, 0.4) is 0 Å². The zero-order valence-corrected chi connectivity index (χ0v) is 10.5. The van der Waals surface area contributed by atoms with Gasteiger partial charge in [-0.3, -0.25) is 0 Å². The molecule has 0 aromatic heterocycles. The number of hydrogen-bond acceptors (Lipinski definition) is 9. The van der Waals surface area contributed by atoms with Gasteiger partial charge in [0.15, 0.2) is 0 Å². The fourth-order valence-electron chi connectivity index (χ4n) is 1.59. The Hall–Kier alpha value is -1.07. The van der Waals surface area contributed by atoms with Crippen molar-refractivity contribution >= 4 is 5.97 Å². The first-order valence-corrected chi connectivity index (χ1v) is 5.82. The van der Waals surface area contributed by atoms with Crippen LogP contribution in [0.25, 0.3) is 0 Å². The van der Waals surface area contributed by atoms with E-state index in [1.54, 1.807) is 0 Å². The Kier molecular flexibility index (Phi) is 6.02.